The molecule has 2 saturated heterocycles. The van der Waals surface area contributed by atoms with E-state index in [0.29, 0.717) is 30.7 Å². The van der Waals surface area contributed by atoms with Gasteiger partial charge in [0.05, 0.1) is 13.7 Å². The van der Waals surface area contributed by atoms with Crippen LogP contribution in [0.15, 0.2) is 42.5 Å². The van der Waals surface area contributed by atoms with Crippen molar-refractivity contribution in [3.8, 4) is 5.75 Å². The molecule has 2 fully saturated rings. The lowest BCUT2D eigenvalue weighted by Gasteiger charge is -2.34. The van der Waals surface area contributed by atoms with Crippen LogP contribution < -0.4 is 15.4 Å². The second kappa shape index (κ2) is 10.5. The Morgan fingerprint density at radius 2 is 1.65 bits per heavy atom. The molecule has 2 aromatic carbocycles. The summed E-state index contributed by atoms with van der Waals surface area (Å²) in [6.45, 7) is 9.15. The molecule has 4 amide bonds. The minimum Gasteiger partial charge on any atom is -0.497 e. The van der Waals surface area contributed by atoms with Crippen LogP contribution in [0, 0.1) is 0 Å². The molecular weight excluding hydrogens is 470 g/mol. The zero-order valence-electron chi connectivity index (χ0n) is 21.6. The van der Waals surface area contributed by atoms with E-state index in [4.69, 9.17) is 4.74 Å². The Kier molecular flexibility index (Phi) is 7.17. The van der Waals surface area contributed by atoms with Gasteiger partial charge >= 0.3 is 6.03 Å². The van der Waals surface area contributed by atoms with E-state index in [-0.39, 0.29) is 18.4 Å². The Labute approximate surface area is 217 Å². The van der Waals surface area contributed by atoms with E-state index in [1.807, 2.05) is 12.1 Å². The van der Waals surface area contributed by atoms with Crippen LogP contribution in [-0.2, 0) is 24.3 Å². The van der Waals surface area contributed by atoms with Crippen molar-refractivity contribution < 1.29 is 19.1 Å². The van der Waals surface area contributed by atoms with Gasteiger partial charge in [0, 0.05) is 44.8 Å². The van der Waals surface area contributed by atoms with Gasteiger partial charge in [-0.2, -0.15) is 0 Å². The van der Waals surface area contributed by atoms with Crippen LogP contribution in [0.25, 0.3) is 0 Å². The zero-order valence-corrected chi connectivity index (χ0v) is 21.6. The number of hydrogen-bond acceptors (Lipinski definition) is 6. The number of nitrogens with one attached hydrogen (secondary N) is 2. The first-order chi connectivity index (χ1) is 17.9. The van der Waals surface area contributed by atoms with Crippen molar-refractivity contribution in [2.75, 3.05) is 46.4 Å². The highest BCUT2D eigenvalue weighted by atomic mass is 16.5. The maximum absolute atomic E-state index is 13.1. The normalized spacial score (nSPS) is 22.2. The van der Waals surface area contributed by atoms with E-state index < -0.39 is 11.6 Å². The van der Waals surface area contributed by atoms with E-state index in [9.17, 15) is 14.4 Å². The number of aryl methyl sites for hydroxylation is 1. The number of rotatable bonds is 9. The molecule has 3 aliphatic rings. The molecule has 5 rings (SSSR count). The van der Waals surface area contributed by atoms with Crippen molar-refractivity contribution in [2.45, 2.75) is 38.4 Å². The molecule has 196 valence electrons. The van der Waals surface area contributed by atoms with Gasteiger partial charge in [-0.1, -0.05) is 37.3 Å². The number of carbonyl (C=O) groups is 3. The van der Waals surface area contributed by atoms with Crippen molar-refractivity contribution in [1.82, 2.24) is 25.3 Å². The van der Waals surface area contributed by atoms with Gasteiger partial charge in [-0.15, -0.1) is 0 Å². The van der Waals surface area contributed by atoms with Gasteiger partial charge in [0.2, 0.25) is 0 Å². The topological polar surface area (TPSA) is 94.2 Å². The Morgan fingerprint density at radius 3 is 2.30 bits per heavy atom. The quantitative estimate of drug-likeness (QED) is 0.507. The highest BCUT2D eigenvalue weighted by molar-refractivity contribution is 6.08. The molecule has 2 N–H and O–H groups in total. The third kappa shape index (κ3) is 5.33. The Balaban J connectivity index is 1.23. The molecule has 0 spiro atoms. The van der Waals surface area contributed by atoms with E-state index in [1.165, 1.54) is 5.56 Å². The molecule has 0 aliphatic carbocycles. The number of ether oxygens (including phenoxy) is 1. The van der Waals surface area contributed by atoms with Gasteiger partial charge in [-0.05, 0) is 48.2 Å². The van der Waals surface area contributed by atoms with Crippen LogP contribution in [0.2, 0.25) is 0 Å². The third-order valence-electron chi connectivity index (χ3n) is 7.85. The molecule has 37 heavy (non-hydrogen) atoms. The zero-order chi connectivity index (χ0) is 26.0. The minimum atomic E-state index is -1.17. The molecule has 9 heteroatoms. The Bertz CT molecular complexity index is 1180. The molecule has 0 unspecified atom stereocenters. The van der Waals surface area contributed by atoms with Crippen LogP contribution in [-0.4, -0.2) is 84.5 Å². The number of piperazine rings is 1. The number of imide groups is 1. The van der Waals surface area contributed by atoms with E-state index in [0.717, 1.165) is 50.4 Å². The number of fused-ring (bicyclic) bond motifs is 1. The first-order valence-corrected chi connectivity index (χ1v) is 13.0. The summed E-state index contributed by atoms with van der Waals surface area (Å²) in [7, 11) is 1.56. The Morgan fingerprint density at radius 1 is 0.946 bits per heavy atom. The average Bonchev–Trinajstić information content (AvgIpc) is 3.37. The summed E-state index contributed by atoms with van der Waals surface area (Å²) in [6.07, 6.45) is 0.998. The highest BCUT2D eigenvalue weighted by Gasteiger charge is 2.48. The van der Waals surface area contributed by atoms with Gasteiger partial charge in [-0.25, -0.2) is 4.79 Å². The van der Waals surface area contributed by atoms with Crippen LogP contribution in [0.4, 0.5) is 4.79 Å². The largest absolute Gasteiger partial charge is 0.497 e. The maximum atomic E-state index is 13.1. The molecule has 0 bridgehead atoms. The summed E-state index contributed by atoms with van der Waals surface area (Å²) in [5, 5.41) is 5.21. The van der Waals surface area contributed by atoms with Crippen LogP contribution >= 0.6 is 0 Å². The monoisotopic (exact) mass is 505 g/mol. The van der Waals surface area contributed by atoms with Crippen molar-refractivity contribution in [1.29, 1.82) is 0 Å². The number of benzene rings is 2. The second-order valence-electron chi connectivity index (χ2n) is 10.2. The van der Waals surface area contributed by atoms with Gasteiger partial charge in [0.25, 0.3) is 11.8 Å². The molecule has 3 heterocycles. The molecule has 0 aromatic heterocycles. The average molecular weight is 506 g/mol. The smallest absolute Gasteiger partial charge is 0.322 e. The van der Waals surface area contributed by atoms with E-state index >= 15 is 0 Å². The maximum Gasteiger partial charge on any atom is 0.322 e. The van der Waals surface area contributed by atoms with E-state index in [1.54, 1.807) is 18.1 Å². The van der Waals surface area contributed by atoms with Gasteiger partial charge in [0.1, 0.15) is 11.3 Å². The number of nitrogens with zero attached hydrogens (tertiary/aromatic N) is 3. The summed E-state index contributed by atoms with van der Waals surface area (Å²) in [5.74, 6) is 0.0651. The predicted molar refractivity (Wildman–Crippen MR) is 139 cm³/mol. The number of carbonyl (C=O) groups excluding carboxylic acids is 3. The summed E-state index contributed by atoms with van der Waals surface area (Å²) in [6, 6.07) is 13.4. The molecule has 3 aliphatic heterocycles. The minimum absolute atomic E-state index is 0.113. The molecule has 1 atom stereocenters. The van der Waals surface area contributed by atoms with Crippen molar-refractivity contribution in [3.63, 3.8) is 0 Å². The number of methoxy groups -OCH3 is 1. The van der Waals surface area contributed by atoms with E-state index in [2.05, 4.69) is 51.6 Å². The molecular formula is C28H35N5O4. The van der Waals surface area contributed by atoms with Crippen molar-refractivity contribution in [2.24, 2.45) is 0 Å². The fourth-order valence-corrected chi connectivity index (χ4v) is 5.51. The predicted octanol–water partition coefficient (Wildman–Crippen LogP) is 2.00. The summed E-state index contributed by atoms with van der Waals surface area (Å²) < 4.78 is 5.26. The number of likely N-dealkylation sites (N-methyl/N-ethyl adjacent to an activating group) is 1. The molecule has 0 radical (unpaired) electrons. The van der Waals surface area contributed by atoms with Crippen molar-refractivity contribution >= 4 is 17.8 Å². The fourth-order valence-electron chi connectivity index (χ4n) is 5.51. The number of amides is 4. The number of urea groups is 1. The van der Waals surface area contributed by atoms with Gasteiger partial charge in [0.15, 0.2) is 0 Å². The molecule has 0 saturated carbocycles. The lowest BCUT2D eigenvalue weighted by molar-refractivity contribution is -0.124. The SMILES string of the molecule is CCN1CCN(Cc2ccc(CC[C@]3(CN4Cc5ccc(OC)cc5C4=O)NC(=O)NC3=O)cc2)CC1. The molecule has 2 aromatic rings. The summed E-state index contributed by atoms with van der Waals surface area (Å²) in [5.41, 5.74) is 2.65. The fraction of sp³-hybridized carbons (Fsp3) is 0.464. The van der Waals surface area contributed by atoms with Crippen molar-refractivity contribution in [3.05, 3.63) is 64.7 Å². The van der Waals surface area contributed by atoms with Gasteiger partial charge in [-0.3, -0.25) is 19.8 Å². The second-order valence-corrected chi connectivity index (χ2v) is 10.2. The lowest BCUT2D eigenvalue weighted by atomic mass is 9.90. The summed E-state index contributed by atoms with van der Waals surface area (Å²) >= 11 is 0. The first-order valence-electron chi connectivity index (χ1n) is 13.0. The van der Waals surface area contributed by atoms with Crippen LogP contribution in [0.3, 0.4) is 0 Å². The van der Waals surface area contributed by atoms with Gasteiger partial charge < -0.3 is 19.9 Å². The molecule has 9 nitrogen and oxygen atoms in total. The standard InChI is InChI=1S/C28H35N5O4/c1-3-31-12-14-32(15-13-31)17-21-6-4-20(5-7-21)10-11-28(26(35)29-27(36)30-28)19-33-18-22-8-9-23(37-2)16-24(22)25(33)34/h4-9,16H,3,10-15,17-19H2,1-2H3,(H2,29,30,35,36)/t28-/m1/s1. The lowest BCUT2D eigenvalue weighted by Crippen LogP contribution is -2.55. The first kappa shape index (κ1) is 25.2. The number of hydrogen-bond donors (Lipinski definition) is 2. The summed E-state index contributed by atoms with van der Waals surface area (Å²) in [4.78, 5) is 44.8. The van der Waals surface area contributed by atoms with Crippen LogP contribution in [0.5, 0.6) is 5.75 Å². The Hall–Kier alpha value is -3.43. The highest BCUT2D eigenvalue weighted by Crippen LogP contribution is 2.30. The van der Waals surface area contributed by atoms with Crippen LogP contribution in [0.1, 0.15) is 40.4 Å². The third-order valence-corrected chi connectivity index (χ3v) is 7.85.